The van der Waals surface area contributed by atoms with Gasteiger partial charge in [0.2, 0.25) is 0 Å². The molecule has 3 rings (SSSR count). The summed E-state index contributed by atoms with van der Waals surface area (Å²) in [5.74, 6) is -0.704. The lowest BCUT2D eigenvalue weighted by molar-refractivity contribution is -0.144. The highest BCUT2D eigenvalue weighted by Gasteiger charge is 2.39. The molecule has 120 valence electrons. The predicted molar refractivity (Wildman–Crippen MR) is 82.5 cm³/mol. The molecule has 1 aliphatic carbocycles. The van der Waals surface area contributed by atoms with Crippen LogP contribution in [-0.2, 0) is 4.79 Å². The Morgan fingerprint density at radius 2 is 1.95 bits per heavy atom. The van der Waals surface area contributed by atoms with Crippen LogP contribution < -0.4 is 5.32 Å². The van der Waals surface area contributed by atoms with Crippen LogP contribution in [0.1, 0.15) is 45.4 Å². The second kappa shape index (κ2) is 6.23. The van der Waals surface area contributed by atoms with Crippen LogP contribution in [0.3, 0.4) is 0 Å². The summed E-state index contributed by atoms with van der Waals surface area (Å²) in [6.07, 6.45) is 6.90. The molecule has 0 aromatic carbocycles. The van der Waals surface area contributed by atoms with E-state index in [1.165, 1.54) is 32.4 Å². The van der Waals surface area contributed by atoms with E-state index >= 15 is 0 Å². The van der Waals surface area contributed by atoms with Crippen LogP contribution >= 0.6 is 0 Å². The molecule has 0 aromatic heterocycles. The maximum absolute atomic E-state index is 11.6. The summed E-state index contributed by atoms with van der Waals surface area (Å²) in [6, 6.07) is 1.14. The molecule has 2 aliphatic heterocycles. The Balaban J connectivity index is 1.46. The van der Waals surface area contributed by atoms with Crippen LogP contribution in [0.25, 0.3) is 0 Å². The van der Waals surface area contributed by atoms with Crippen molar-refractivity contribution in [3.05, 3.63) is 0 Å². The van der Waals surface area contributed by atoms with E-state index in [1.807, 2.05) is 6.92 Å². The minimum absolute atomic E-state index is 0.432. The smallest absolute Gasteiger partial charge is 0.323 e. The standard InChI is InChI=1S/C16H29N3O2/c1-16(15(20)21,17-13-4-5-13)7-11-18-10-6-14(12-18)19-8-2-3-9-19/h13-14,17H,2-12H2,1H3,(H,20,21). The number of carbonyl (C=O) groups is 1. The van der Waals surface area contributed by atoms with E-state index in [0.29, 0.717) is 18.5 Å². The zero-order valence-corrected chi connectivity index (χ0v) is 13.2. The number of hydrogen-bond acceptors (Lipinski definition) is 4. The second-order valence-corrected chi connectivity index (χ2v) is 7.29. The van der Waals surface area contributed by atoms with Crippen molar-refractivity contribution in [1.82, 2.24) is 15.1 Å². The van der Waals surface area contributed by atoms with Crippen molar-refractivity contribution in [3.63, 3.8) is 0 Å². The summed E-state index contributed by atoms with van der Waals surface area (Å²) in [7, 11) is 0. The molecule has 3 fully saturated rings. The van der Waals surface area contributed by atoms with Gasteiger partial charge in [0, 0.05) is 25.2 Å². The van der Waals surface area contributed by atoms with Gasteiger partial charge in [0.25, 0.3) is 0 Å². The SMILES string of the molecule is CC(CCN1CCC(N2CCCC2)C1)(NC1CC1)C(=O)O. The van der Waals surface area contributed by atoms with Crippen LogP contribution in [0.4, 0.5) is 0 Å². The lowest BCUT2D eigenvalue weighted by Crippen LogP contribution is -2.52. The topological polar surface area (TPSA) is 55.8 Å². The molecule has 3 aliphatic rings. The minimum Gasteiger partial charge on any atom is -0.480 e. The quantitative estimate of drug-likeness (QED) is 0.738. The number of rotatable bonds is 7. The molecular weight excluding hydrogens is 266 g/mol. The Morgan fingerprint density at radius 1 is 1.24 bits per heavy atom. The maximum Gasteiger partial charge on any atom is 0.323 e. The molecule has 2 N–H and O–H groups in total. The average Bonchev–Trinajstić information content (AvgIpc) is 2.97. The fourth-order valence-electron chi connectivity index (χ4n) is 3.72. The lowest BCUT2D eigenvalue weighted by atomic mass is 9.97. The van der Waals surface area contributed by atoms with Gasteiger partial charge in [-0.25, -0.2) is 0 Å². The minimum atomic E-state index is -0.757. The Labute approximate surface area is 127 Å². The number of nitrogens with zero attached hydrogens (tertiary/aromatic N) is 2. The van der Waals surface area contributed by atoms with Gasteiger partial charge in [-0.2, -0.15) is 0 Å². The van der Waals surface area contributed by atoms with Crippen molar-refractivity contribution >= 4 is 5.97 Å². The molecule has 0 radical (unpaired) electrons. The first kappa shape index (κ1) is 15.3. The summed E-state index contributed by atoms with van der Waals surface area (Å²) in [4.78, 5) is 16.7. The first-order valence-electron chi connectivity index (χ1n) is 8.54. The summed E-state index contributed by atoms with van der Waals surface area (Å²) in [6.45, 7) is 7.51. The van der Waals surface area contributed by atoms with Gasteiger partial charge in [-0.1, -0.05) is 0 Å². The van der Waals surface area contributed by atoms with Crippen molar-refractivity contribution in [2.75, 3.05) is 32.7 Å². The summed E-state index contributed by atoms with van der Waals surface area (Å²) in [5, 5.41) is 12.8. The molecule has 0 aromatic rings. The average molecular weight is 295 g/mol. The Kier molecular flexibility index (Phi) is 4.52. The normalized spacial score (nSPS) is 30.6. The fraction of sp³-hybridized carbons (Fsp3) is 0.938. The number of hydrogen-bond donors (Lipinski definition) is 2. The third-order valence-corrected chi connectivity index (χ3v) is 5.40. The van der Waals surface area contributed by atoms with Crippen LogP contribution in [0.15, 0.2) is 0 Å². The fourth-order valence-corrected chi connectivity index (χ4v) is 3.72. The number of nitrogens with one attached hydrogen (secondary N) is 1. The van der Waals surface area contributed by atoms with E-state index in [0.717, 1.165) is 32.5 Å². The number of carboxylic acid groups (broad SMARTS) is 1. The van der Waals surface area contributed by atoms with E-state index in [-0.39, 0.29) is 0 Å². The molecule has 2 heterocycles. The van der Waals surface area contributed by atoms with E-state index in [2.05, 4.69) is 15.1 Å². The van der Waals surface area contributed by atoms with Crippen molar-refractivity contribution in [2.45, 2.75) is 63.1 Å². The van der Waals surface area contributed by atoms with Crippen LogP contribution in [-0.4, -0.2) is 71.2 Å². The van der Waals surface area contributed by atoms with Crippen molar-refractivity contribution in [2.24, 2.45) is 0 Å². The zero-order chi connectivity index (χ0) is 14.9. The van der Waals surface area contributed by atoms with Crippen molar-refractivity contribution in [3.8, 4) is 0 Å². The highest BCUT2D eigenvalue weighted by Crippen LogP contribution is 2.26. The van der Waals surface area contributed by atoms with Gasteiger partial charge in [-0.05, 0) is 65.1 Å². The van der Waals surface area contributed by atoms with E-state index < -0.39 is 11.5 Å². The molecule has 2 saturated heterocycles. The van der Waals surface area contributed by atoms with Gasteiger partial charge in [0.05, 0.1) is 0 Å². The third kappa shape index (κ3) is 3.76. The van der Waals surface area contributed by atoms with Gasteiger partial charge >= 0.3 is 5.97 Å². The molecule has 0 bridgehead atoms. The summed E-state index contributed by atoms with van der Waals surface area (Å²) >= 11 is 0. The molecule has 5 nitrogen and oxygen atoms in total. The highest BCUT2D eigenvalue weighted by molar-refractivity contribution is 5.78. The first-order chi connectivity index (χ1) is 10.1. The molecule has 5 heteroatoms. The number of carboxylic acids is 1. The largest absolute Gasteiger partial charge is 0.480 e. The monoisotopic (exact) mass is 295 g/mol. The summed E-state index contributed by atoms with van der Waals surface area (Å²) < 4.78 is 0. The highest BCUT2D eigenvalue weighted by atomic mass is 16.4. The van der Waals surface area contributed by atoms with Gasteiger partial charge < -0.3 is 10.0 Å². The molecule has 1 saturated carbocycles. The predicted octanol–water partition coefficient (Wildman–Crippen LogP) is 1.14. The molecular formula is C16H29N3O2. The Hall–Kier alpha value is -0.650. The molecule has 2 atom stereocenters. The lowest BCUT2D eigenvalue weighted by Gasteiger charge is -2.29. The molecule has 0 amide bonds. The van der Waals surface area contributed by atoms with Gasteiger partial charge in [0.1, 0.15) is 5.54 Å². The van der Waals surface area contributed by atoms with Crippen LogP contribution in [0, 0.1) is 0 Å². The Bertz CT molecular complexity index is 380. The Morgan fingerprint density at radius 3 is 2.57 bits per heavy atom. The van der Waals surface area contributed by atoms with Crippen LogP contribution in [0.2, 0.25) is 0 Å². The first-order valence-corrected chi connectivity index (χ1v) is 8.54. The molecule has 0 spiro atoms. The van der Waals surface area contributed by atoms with E-state index in [4.69, 9.17) is 0 Å². The maximum atomic E-state index is 11.6. The summed E-state index contributed by atoms with van der Waals surface area (Å²) in [5.41, 5.74) is -0.757. The van der Waals surface area contributed by atoms with Gasteiger partial charge in [0.15, 0.2) is 0 Å². The third-order valence-electron chi connectivity index (χ3n) is 5.40. The van der Waals surface area contributed by atoms with E-state index in [9.17, 15) is 9.90 Å². The second-order valence-electron chi connectivity index (χ2n) is 7.29. The van der Waals surface area contributed by atoms with Crippen molar-refractivity contribution < 1.29 is 9.90 Å². The molecule has 2 unspecified atom stereocenters. The van der Waals surface area contributed by atoms with Crippen molar-refractivity contribution in [1.29, 1.82) is 0 Å². The number of aliphatic carboxylic acids is 1. The van der Waals surface area contributed by atoms with Gasteiger partial charge in [-0.15, -0.1) is 0 Å². The zero-order valence-electron chi connectivity index (χ0n) is 13.2. The molecule has 21 heavy (non-hydrogen) atoms. The van der Waals surface area contributed by atoms with E-state index in [1.54, 1.807) is 0 Å². The van der Waals surface area contributed by atoms with Gasteiger partial charge in [-0.3, -0.25) is 15.0 Å². The van der Waals surface area contributed by atoms with Crippen LogP contribution in [0.5, 0.6) is 0 Å². The number of likely N-dealkylation sites (tertiary alicyclic amines) is 2.